The van der Waals surface area contributed by atoms with E-state index in [0.29, 0.717) is 0 Å². The van der Waals surface area contributed by atoms with Gasteiger partial charge in [-0.05, 0) is 19.3 Å². The maximum absolute atomic E-state index is 9.31. The molecule has 0 aromatic heterocycles. The van der Waals surface area contributed by atoms with Crippen LogP contribution in [-0.4, -0.2) is 11.2 Å². The smallest absolute Gasteiger partial charge is 0.0543 e. The molecule has 1 saturated carbocycles. The lowest BCUT2D eigenvalue weighted by atomic mass is 10.1. The zero-order chi connectivity index (χ0) is 7.23. The molecule has 0 aromatic carbocycles. The molecular weight excluding hydrogens is 148 g/mol. The van der Waals surface area contributed by atoms with Crippen molar-refractivity contribution < 1.29 is 5.11 Å². The van der Waals surface area contributed by atoms with Gasteiger partial charge in [0.15, 0.2) is 0 Å². The number of aliphatic hydroxyl groups is 1. The monoisotopic (exact) mass is 169 g/mol. The number of aliphatic hydroxyl groups excluding tert-OH is 1. The lowest BCUT2D eigenvalue weighted by Gasteiger charge is -2.06. The second-order valence-corrected chi connectivity index (χ2v) is 3.17. The minimum absolute atomic E-state index is 0. The molecule has 0 spiro atoms. The molecule has 5 radical (unpaired) electrons. The van der Waals surface area contributed by atoms with Crippen molar-refractivity contribution in [1.29, 1.82) is 0 Å². The van der Waals surface area contributed by atoms with Crippen LogP contribution in [0.1, 0.15) is 44.9 Å². The summed E-state index contributed by atoms with van der Waals surface area (Å²) in [5, 5.41) is 9.31. The molecule has 1 aliphatic carbocycles. The standard InChI is InChI=1S/C9H17O.2CH2/c10-9-7-5-3-1-2-4-6-8-9;;/h5,9-10H,1-4,6-8H2;2*1H2. The van der Waals surface area contributed by atoms with E-state index >= 15 is 0 Å². The summed E-state index contributed by atoms with van der Waals surface area (Å²) in [5.41, 5.74) is 0. The van der Waals surface area contributed by atoms with Crippen molar-refractivity contribution in [2.45, 2.75) is 51.0 Å². The van der Waals surface area contributed by atoms with E-state index < -0.39 is 0 Å². The van der Waals surface area contributed by atoms with Gasteiger partial charge in [-0.15, -0.1) is 0 Å². The van der Waals surface area contributed by atoms with Crippen LogP contribution >= 0.6 is 0 Å². The molecule has 0 heterocycles. The Bertz CT molecular complexity index is 71.1. The van der Waals surface area contributed by atoms with E-state index in [1.165, 1.54) is 32.1 Å². The third kappa shape index (κ3) is 6.66. The lowest BCUT2D eigenvalue weighted by molar-refractivity contribution is 0.160. The van der Waals surface area contributed by atoms with Gasteiger partial charge in [0.2, 0.25) is 0 Å². The Morgan fingerprint density at radius 3 is 2.42 bits per heavy atom. The molecular formula is C11H21O. The highest BCUT2D eigenvalue weighted by atomic mass is 16.3. The van der Waals surface area contributed by atoms with Gasteiger partial charge in [-0.1, -0.05) is 47.0 Å². The molecule has 1 nitrogen and oxygen atoms in total. The van der Waals surface area contributed by atoms with Crippen molar-refractivity contribution in [1.82, 2.24) is 0 Å². The van der Waals surface area contributed by atoms with Crippen LogP contribution in [0.2, 0.25) is 0 Å². The highest BCUT2D eigenvalue weighted by Gasteiger charge is 2.05. The van der Waals surface area contributed by atoms with Crippen molar-refractivity contribution in [3.05, 3.63) is 21.3 Å². The summed E-state index contributed by atoms with van der Waals surface area (Å²) in [6.07, 6.45) is 10.5. The van der Waals surface area contributed by atoms with Crippen LogP contribution in [-0.2, 0) is 0 Å². The van der Waals surface area contributed by atoms with Crippen LogP contribution in [0, 0.1) is 21.3 Å². The third-order valence-corrected chi connectivity index (χ3v) is 2.13. The Morgan fingerprint density at radius 2 is 1.67 bits per heavy atom. The van der Waals surface area contributed by atoms with Gasteiger partial charge in [-0.3, -0.25) is 0 Å². The zero-order valence-corrected chi connectivity index (χ0v) is 7.97. The normalized spacial score (nSPS) is 20.8. The van der Waals surface area contributed by atoms with Gasteiger partial charge in [0.1, 0.15) is 0 Å². The maximum Gasteiger partial charge on any atom is 0.0543 e. The van der Waals surface area contributed by atoms with Crippen LogP contribution in [0.5, 0.6) is 0 Å². The van der Waals surface area contributed by atoms with Crippen molar-refractivity contribution in [3.8, 4) is 0 Å². The molecule has 1 atom stereocenters. The van der Waals surface area contributed by atoms with Crippen LogP contribution in [0.3, 0.4) is 0 Å². The van der Waals surface area contributed by atoms with E-state index in [0.717, 1.165) is 12.8 Å². The average molecular weight is 169 g/mol. The van der Waals surface area contributed by atoms with Gasteiger partial charge in [-0.2, -0.15) is 0 Å². The summed E-state index contributed by atoms with van der Waals surface area (Å²) in [4.78, 5) is 0. The molecule has 12 heavy (non-hydrogen) atoms. The van der Waals surface area contributed by atoms with Gasteiger partial charge in [-0.25, -0.2) is 0 Å². The number of rotatable bonds is 0. The third-order valence-electron chi connectivity index (χ3n) is 2.13. The Hall–Kier alpha value is -0.0400. The number of hydrogen-bond donors (Lipinski definition) is 1. The molecule has 1 N–H and O–H groups in total. The minimum Gasteiger partial charge on any atom is -0.393 e. The summed E-state index contributed by atoms with van der Waals surface area (Å²) in [6, 6.07) is 0. The highest BCUT2D eigenvalue weighted by Crippen LogP contribution is 2.15. The first-order chi connectivity index (χ1) is 4.89. The molecule has 0 aliphatic heterocycles. The second kappa shape index (κ2) is 9.05. The van der Waals surface area contributed by atoms with Gasteiger partial charge < -0.3 is 5.11 Å². The topological polar surface area (TPSA) is 20.2 Å². The molecule has 1 heteroatoms. The Morgan fingerprint density at radius 1 is 1.00 bits per heavy atom. The predicted octanol–water partition coefficient (Wildman–Crippen LogP) is 2.95. The van der Waals surface area contributed by atoms with E-state index in [-0.39, 0.29) is 21.0 Å². The van der Waals surface area contributed by atoms with Crippen molar-refractivity contribution in [3.63, 3.8) is 0 Å². The first-order valence-electron chi connectivity index (χ1n) is 4.39. The quantitative estimate of drug-likeness (QED) is 0.591. The fourth-order valence-electron chi connectivity index (χ4n) is 1.45. The summed E-state index contributed by atoms with van der Waals surface area (Å²) in [6.45, 7) is 0. The first-order valence-corrected chi connectivity index (χ1v) is 4.39. The Balaban J connectivity index is 0. The van der Waals surface area contributed by atoms with Crippen LogP contribution in [0.25, 0.3) is 0 Å². The molecule has 1 aliphatic rings. The summed E-state index contributed by atoms with van der Waals surface area (Å²) in [7, 11) is 0. The SMILES string of the molecule is OC1C[CH]CCCCCC1.[CH2].[CH2]. The summed E-state index contributed by atoms with van der Waals surface area (Å²) >= 11 is 0. The average Bonchev–Trinajstić information content (AvgIpc) is 2.02. The van der Waals surface area contributed by atoms with Gasteiger partial charge >= 0.3 is 0 Å². The molecule has 0 bridgehead atoms. The molecule has 1 rings (SSSR count). The van der Waals surface area contributed by atoms with E-state index in [9.17, 15) is 5.11 Å². The van der Waals surface area contributed by atoms with Gasteiger partial charge in [0.25, 0.3) is 0 Å². The summed E-state index contributed by atoms with van der Waals surface area (Å²) < 4.78 is 0. The molecule has 71 valence electrons. The maximum atomic E-state index is 9.31. The van der Waals surface area contributed by atoms with Gasteiger partial charge in [0, 0.05) is 0 Å². The van der Waals surface area contributed by atoms with E-state index in [2.05, 4.69) is 6.42 Å². The fraction of sp³-hybridized carbons (Fsp3) is 0.727. The fourth-order valence-corrected chi connectivity index (χ4v) is 1.45. The van der Waals surface area contributed by atoms with E-state index in [1.807, 2.05) is 0 Å². The molecule has 0 amide bonds. The first kappa shape index (κ1) is 14.5. The Kier molecular flexibility index (Phi) is 10.9. The van der Waals surface area contributed by atoms with Crippen LogP contribution in [0.4, 0.5) is 0 Å². The molecule has 0 saturated heterocycles. The number of hydrogen-bond acceptors (Lipinski definition) is 1. The predicted molar refractivity (Wildman–Crippen MR) is 53.3 cm³/mol. The lowest BCUT2D eigenvalue weighted by Crippen LogP contribution is -2.04. The molecule has 1 fully saturated rings. The Labute approximate surface area is 78.2 Å². The van der Waals surface area contributed by atoms with Crippen molar-refractivity contribution >= 4 is 0 Å². The second-order valence-electron chi connectivity index (χ2n) is 3.17. The molecule has 1 unspecified atom stereocenters. The summed E-state index contributed by atoms with van der Waals surface area (Å²) in [5.74, 6) is 0. The molecule has 0 aromatic rings. The van der Waals surface area contributed by atoms with Gasteiger partial charge in [0.05, 0.1) is 6.10 Å². The minimum atomic E-state index is -0.0434. The van der Waals surface area contributed by atoms with Crippen LogP contribution in [0.15, 0.2) is 0 Å². The van der Waals surface area contributed by atoms with Crippen LogP contribution < -0.4 is 0 Å². The van der Waals surface area contributed by atoms with E-state index in [4.69, 9.17) is 0 Å². The van der Waals surface area contributed by atoms with E-state index in [1.54, 1.807) is 0 Å². The van der Waals surface area contributed by atoms with Crippen molar-refractivity contribution in [2.75, 3.05) is 0 Å². The highest BCUT2D eigenvalue weighted by molar-refractivity contribution is 4.72. The van der Waals surface area contributed by atoms with Crippen molar-refractivity contribution in [2.24, 2.45) is 0 Å². The largest absolute Gasteiger partial charge is 0.393 e. The zero-order valence-electron chi connectivity index (χ0n) is 7.97.